The molecule has 0 spiro atoms. The lowest BCUT2D eigenvalue weighted by molar-refractivity contribution is -0.138. The molecule has 1 aliphatic heterocycles. The van der Waals surface area contributed by atoms with Crippen LogP contribution in [0.15, 0.2) is 56.4 Å². The van der Waals surface area contributed by atoms with Crippen LogP contribution in [0.2, 0.25) is 0 Å². The number of rotatable bonds is 6. The molecule has 0 amide bonds. The lowest BCUT2D eigenvalue weighted by atomic mass is 9.96. The minimum absolute atomic E-state index is 0.00633. The van der Waals surface area contributed by atoms with Crippen molar-refractivity contribution in [3.05, 3.63) is 73.2 Å². The molecule has 0 saturated heterocycles. The van der Waals surface area contributed by atoms with Crippen LogP contribution in [0.3, 0.4) is 0 Å². The summed E-state index contributed by atoms with van der Waals surface area (Å²) in [4.78, 5) is 31.2. The minimum atomic E-state index is -0.719. The molecule has 0 radical (unpaired) electrons. The van der Waals surface area contributed by atoms with Gasteiger partial charge in [0.1, 0.15) is 16.3 Å². The van der Waals surface area contributed by atoms with E-state index in [1.165, 1.54) is 28.2 Å². The highest BCUT2D eigenvalue weighted by atomic mass is 32.1. The van der Waals surface area contributed by atoms with Crippen molar-refractivity contribution < 1.29 is 23.8 Å². The molecule has 0 saturated carbocycles. The maximum absolute atomic E-state index is 13.1. The molecule has 0 unspecified atom stereocenters. The van der Waals surface area contributed by atoms with Gasteiger partial charge in [-0.2, -0.15) is 0 Å². The number of hydrogen-bond acceptors (Lipinski definition) is 8. The van der Waals surface area contributed by atoms with Crippen LogP contribution < -0.4 is 19.6 Å². The summed E-state index contributed by atoms with van der Waals surface area (Å²) in [5.74, 6) is 0.283. The van der Waals surface area contributed by atoms with Crippen LogP contribution in [-0.2, 0) is 9.53 Å². The van der Waals surface area contributed by atoms with Gasteiger partial charge in [0.2, 0.25) is 0 Å². The van der Waals surface area contributed by atoms with Crippen LogP contribution in [0, 0.1) is 0 Å². The summed E-state index contributed by atoms with van der Waals surface area (Å²) in [6.07, 6.45) is 3.18. The van der Waals surface area contributed by atoms with Gasteiger partial charge in [0.15, 0.2) is 16.3 Å². The predicted octanol–water partition coefficient (Wildman–Crippen LogP) is 2.60. The van der Waals surface area contributed by atoms with Crippen molar-refractivity contribution in [2.24, 2.45) is 4.99 Å². The van der Waals surface area contributed by atoms with Crippen LogP contribution in [0.1, 0.15) is 38.1 Å². The van der Waals surface area contributed by atoms with E-state index in [-0.39, 0.29) is 23.5 Å². The molecule has 0 fully saturated rings. The Labute approximate surface area is 187 Å². The summed E-state index contributed by atoms with van der Waals surface area (Å²) >= 11 is 1.21. The van der Waals surface area contributed by atoms with Crippen molar-refractivity contribution in [3.63, 3.8) is 0 Å². The number of hydrogen-bond donors (Lipinski definition) is 1. The highest BCUT2D eigenvalue weighted by Crippen LogP contribution is 2.36. The Morgan fingerprint density at radius 3 is 2.81 bits per heavy atom. The third-order valence-electron chi connectivity index (χ3n) is 4.96. The molecule has 166 valence electrons. The fraction of sp³-hybridized carbons (Fsp3) is 0.261. The summed E-state index contributed by atoms with van der Waals surface area (Å²) < 4.78 is 18.0. The number of carbonyl (C=O) groups is 1. The van der Waals surface area contributed by atoms with Crippen LogP contribution in [-0.4, -0.2) is 28.9 Å². The van der Waals surface area contributed by atoms with Crippen LogP contribution in [0.4, 0.5) is 0 Å². The first kappa shape index (κ1) is 21.6. The second-order valence-electron chi connectivity index (χ2n) is 6.96. The number of furan rings is 1. The number of ether oxygens (including phenoxy) is 2. The van der Waals surface area contributed by atoms with E-state index < -0.39 is 12.0 Å². The summed E-state index contributed by atoms with van der Waals surface area (Å²) in [5.41, 5.74) is 1.06. The summed E-state index contributed by atoms with van der Waals surface area (Å²) in [6.45, 7) is 5.79. The largest absolute Gasteiger partial charge is 0.504 e. The second kappa shape index (κ2) is 8.88. The van der Waals surface area contributed by atoms with E-state index in [4.69, 9.17) is 18.9 Å². The highest BCUT2D eigenvalue weighted by Gasteiger charge is 2.32. The Morgan fingerprint density at radius 1 is 1.31 bits per heavy atom. The molecule has 3 heterocycles. The first-order valence-electron chi connectivity index (χ1n) is 10.1. The van der Waals surface area contributed by atoms with Gasteiger partial charge in [-0.3, -0.25) is 9.36 Å². The molecule has 3 aromatic rings. The van der Waals surface area contributed by atoms with Gasteiger partial charge in [-0.25, -0.2) is 9.79 Å². The van der Waals surface area contributed by atoms with Gasteiger partial charge in [-0.15, -0.1) is 0 Å². The molecular weight excluding hydrogens is 432 g/mol. The normalized spacial score (nSPS) is 16.0. The van der Waals surface area contributed by atoms with Gasteiger partial charge in [0.25, 0.3) is 5.56 Å². The van der Waals surface area contributed by atoms with E-state index in [1.807, 2.05) is 6.92 Å². The standard InChI is InChI=1S/C23H22N2O6S/c1-4-29-17-11-14(8-9-16(17)26)20-19(22(28)30-5-2)13(3)25-21(27)18(32-23(25)24-20)12-15-7-6-10-31-15/h6-12,20,26H,4-5H2,1-3H3/b18-12+/t20-/m1/s1. The smallest absolute Gasteiger partial charge is 0.338 e. The molecule has 1 aliphatic rings. The van der Waals surface area contributed by atoms with E-state index >= 15 is 0 Å². The maximum atomic E-state index is 13.1. The number of aromatic nitrogens is 1. The molecule has 0 bridgehead atoms. The zero-order chi connectivity index (χ0) is 22.8. The molecule has 8 nitrogen and oxygen atoms in total. The molecule has 4 rings (SSSR count). The van der Waals surface area contributed by atoms with Crippen LogP contribution in [0.25, 0.3) is 11.8 Å². The van der Waals surface area contributed by atoms with E-state index in [2.05, 4.69) is 0 Å². The Morgan fingerprint density at radius 2 is 2.12 bits per heavy atom. The Balaban J connectivity index is 1.94. The monoisotopic (exact) mass is 454 g/mol. The fourth-order valence-corrected chi connectivity index (χ4v) is 4.55. The number of fused-ring (bicyclic) bond motifs is 1. The van der Waals surface area contributed by atoms with Crippen LogP contribution >= 0.6 is 11.3 Å². The highest BCUT2D eigenvalue weighted by molar-refractivity contribution is 7.07. The zero-order valence-electron chi connectivity index (χ0n) is 17.8. The fourth-order valence-electron chi connectivity index (χ4n) is 3.53. The molecular formula is C23H22N2O6S. The van der Waals surface area contributed by atoms with Crippen molar-refractivity contribution in [2.75, 3.05) is 13.2 Å². The van der Waals surface area contributed by atoms with E-state index in [9.17, 15) is 14.7 Å². The molecule has 1 aromatic carbocycles. The number of phenolic OH excluding ortho intramolecular Hbond substituents is 1. The van der Waals surface area contributed by atoms with Gasteiger partial charge >= 0.3 is 5.97 Å². The minimum Gasteiger partial charge on any atom is -0.504 e. The number of nitrogens with zero attached hydrogens (tertiary/aromatic N) is 2. The SMILES string of the molecule is CCOC(=O)C1=C(C)n2c(s/c(=C/c3ccco3)c2=O)=N[C@@H]1c1ccc(O)c(OCC)c1. The number of esters is 1. The quantitative estimate of drug-likeness (QED) is 0.575. The van der Waals surface area contributed by atoms with Crippen molar-refractivity contribution in [1.82, 2.24) is 4.57 Å². The van der Waals surface area contributed by atoms with Gasteiger partial charge in [-0.05, 0) is 50.6 Å². The Bertz CT molecular complexity index is 1360. The van der Waals surface area contributed by atoms with Gasteiger partial charge in [0, 0.05) is 11.8 Å². The summed E-state index contributed by atoms with van der Waals surface area (Å²) in [5, 5.41) is 10.1. The second-order valence-corrected chi connectivity index (χ2v) is 7.97. The Hall–Kier alpha value is -3.59. The number of benzene rings is 1. The number of phenols is 1. The average molecular weight is 455 g/mol. The van der Waals surface area contributed by atoms with Gasteiger partial charge < -0.3 is 19.0 Å². The van der Waals surface area contributed by atoms with Gasteiger partial charge in [0.05, 0.1) is 25.1 Å². The first-order valence-corrected chi connectivity index (χ1v) is 10.9. The third-order valence-corrected chi connectivity index (χ3v) is 5.94. The number of aromatic hydroxyl groups is 1. The van der Waals surface area contributed by atoms with Crippen molar-refractivity contribution in [2.45, 2.75) is 26.8 Å². The molecule has 0 aliphatic carbocycles. The van der Waals surface area contributed by atoms with Crippen molar-refractivity contribution in [3.8, 4) is 11.5 Å². The molecule has 1 N–H and O–H groups in total. The third kappa shape index (κ3) is 3.87. The van der Waals surface area contributed by atoms with Crippen LogP contribution in [0.5, 0.6) is 11.5 Å². The maximum Gasteiger partial charge on any atom is 0.338 e. The lowest BCUT2D eigenvalue weighted by Gasteiger charge is -2.22. The summed E-state index contributed by atoms with van der Waals surface area (Å²) in [6, 6.07) is 7.60. The predicted molar refractivity (Wildman–Crippen MR) is 119 cm³/mol. The number of thiazole rings is 1. The van der Waals surface area contributed by atoms with E-state index in [0.29, 0.717) is 38.7 Å². The van der Waals surface area contributed by atoms with Crippen molar-refractivity contribution in [1.29, 1.82) is 0 Å². The topological polar surface area (TPSA) is 103 Å². The van der Waals surface area contributed by atoms with Crippen molar-refractivity contribution >= 4 is 29.1 Å². The number of allylic oxidation sites excluding steroid dienone is 1. The zero-order valence-corrected chi connectivity index (χ0v) is 18.6. The molecule has 2 aromatic heterocycles. The first-order chi connectivity index (χ1) is 15.4. The number of carbonyl (C=O) groups excluding carboxylic acids is 1. The van der Waals surface area contributed by atoms with E-state index in [1.54, 1.807) is 44.2 Å². The molecule has 9 heteroatoms. The van der Waals surface area contributed by atoms with E-state index in [0.717, 1.165) is 0 Å². The molecule has 1 atom stereocenters. The average Bonchev–Trinajstić information content (AvgIpc) is 3.38. The molecule has 32 heavy (non-hydrogen) atoms. The summed E-state index contributed by atoms with van der Waals surface area (Å²) in [7, 11) is 0. The van der Waals surface area contributed by atoms with Gasteiger partial charge in [-0.1, -0.05) is 17.4 Å². The lowest BCUT2D eigenvalue weighted by Crippen LogP contribution is -2.35. The Kier molecular flexibility index (Phi) is 6.00.